The standard InChI is InChI=1S/C16H12Cl2N2O2/c1-8-5-9-10(16(22)20-15(9)21)6-14(8)19-7-11-12(17)3-2-4-13(11)18/h2-6,19H,7H2,1H3,(H,20,21,22). The van der Waals surface area contributed by atoms with Crippen LogP contribution in [0.15, 0.2) is 30.3 Å². The molecule has 2 amide bonds. The lowest BCUT2D eigenvalue weighted by atomic mass is 10.0. The van der Waals surface area contributed by atoms with E-state index in [4.69, 9.17) is 23.2 Å². The number of benzene rings is 2. The molecular formula is C16H12Cl2N2O2. The van der Waals surface area contributed by atoms with Crippen LogP contribution in [0.25, 0.3) is 0 Å². The Bertz CT molecular complexity index is 783. The maximum absolute atomic E-state index is 11.7. The molecule has 0 saturated carbocycles. The molecule has 0 spiro atoms. The highest BCUT2D eigenvalue weighted by molar-refractivity contribution is 6.36. The summed E-state index contributed by atoms with van der Waals surface area (Å²) in [5, 5.41) is 6.65. The molecular weight excluding hydrogens is 323 g/mol. The lowest BCUT2D eigenvalue weighted by Crippen LogP contribution is -2.19. The number of hydrogen-bond acceptors (Lipinski definition) is 3. The van der Waals surface area contributed by atoms with Gasteiger partial charge in [-0.1, -0.05) is 29.3 Å². The van der Waals surface area contributed by atoms with Crippen molar-refractivity contribution in [3.05, 3.63) is 62.6 Å². The van der Waals surface area contributed by atoms with Gasteiger partial charge in [0.05, 0.1) is 11.1 Å². The number of rotatable bonds is 3. The SMILES string of the molecule is Cc1cc2c(cc1NCc1c(Cl)cccc1Cl)C(=O)NC2=O. The van der Waals surface area contributed by atoms with E-state index in [-0.39, 0.29) is 11.8 Å². The number of carbonyl (C=O) groups excluding carboxylic acids is 2. The molecule has 0 bridgehead atoms. The van der Waals surface area contributed by atoms with Crippen LogP contribution in [-0.4, -0.2) is 11.8 Å². The highest BCUT2D eigenvalue weighted by Crippen LogP contribution is 2.28. The van der Waals surface area contributed by atoms with Gasteiger partial charge in [0.2, 0.25) is 0 Å². The maximum Gasteiger partial charge on any atom is 0.259 e. The minimum atomic E-state index is -0.376. The van der Waals surface area contributed by atoms with Gasteiger partial charge in [-0.2, -0.15) is 0 Å². The summed E-state index contributed by atoms with van der Waals surface area (Å²) in [5.74, 6) is -0.734. The van der Waals surface area contributed by atoms with Crippen molar-refractivity contribution >= 4 is 40.7 Å². The zero-order chi connectivity index (χ0) is 15.9. The molecule has 2 N–H and O–H groups in total. The number of fused-ring (bicyclic) bond motifs is 1. The Balaban J connectivity index is 1.89. The first-order valence-electron chi connectivity index (χ1n) is 6.64. The summed E-state index contributed by atoms with van der Waals surface area (Å²) in [4.78, 5) is 23.3. The van der Waals surface area contributed by atoms with Gasteiger partial charge in [0.15, 0.2) is 0 Å². The molecule has 1 heterocycles. The zero-order valence-electron chi connectivity index (χ0n) is 11.7. The minimum absolute atomic E-state index is 0.358. The molecule has 4 nitrogen and oxygen atoms in total. The van der Waals surface area contributed by atoms with Crippen molar-refractivity contribution in [3.63, 3.8) is 0 Å². The fraction of sp³-hybridized carbons (Fsp3) is 0.125. The molecule has 0 unspecified atom stereocenters. The van der Waals surface area contributed by atoms with Gasteiger partial charge in [-0.3, -0.25) is 14.9 Å². The minimum Gasteiger partial charge on any atom is -0.381 e. The van der Waals surface area contributed by atoms with Crippen LogP contribution in [0, 0.1) is 6.92 Å². The van der Waals surface area contributed by atoms with Crippen molar-refractivity contribution in [1.29, 1.82) is 0 Å². The van der Waals surface area contributed by atoms with Crippen molar-refractivity contribution in [3.8, 4) is 0 Å². The van der Waals surface area contributed by atoms with Gasteiger partial charge in [0.1, 0.15) is 0 Å². The average molecular weight is 335 g/mol. The maximum atomic E-state index is 11.7. The Morgan fingerprint density at radius 3 is 2.27 bits per heavy atom. The second kappa shape index (κ2) is 5.63. The van der Waals surface area contributed by atoms with Gasteiger partial charge < -0.3 is 5.32 Å². The highest BCUT2D eigenvalue weighted by Gasteiger charge is 2.27. The molecule has 0 aromatic heterocycles. The van der Waals surface area contributed by atoms with E-state index in [1.165, 1.54) is 0 Å². The molecule has 2 aromatic rings. The van der Waals surface area contributed by atoms with E-state index in [1.807, 2.05) is 6.92 Å². The number of anilines is 1. The van der Waals surface area contributed by atoms with E-state index in [2.05, 4.69) is 10.6 Å². The zero-order valence-corrected chi connectivity index (χ0v) is 13.2. The van der Waals surface area contributed by atoms with Gasteiger partial charge in [-0.15, -0.1) is 0 Å². The largest absolute Gasteiger partial charge is 0.381 e. The molecule has 0 aliphatic carbocycles. The van der Waals surface area contributed by atoms with Crippen molar-refractivity contribution < 1.29 is 9.59 Å². The molecule has 3 rings (SSSR count). The third-order valence-electron chi connectivity index (χ3n) is 3.60. The first kappa shape index (κ1) is 14.9. The normalized spacial score (nSPS) is 13.0. The predicted octanol–water partition coefficient (Wildman–Crippen LogP) is 3.80. The molecule has 2 aromatic carbocycles. The van der Waals surface area contributed by atoms with Crippen LogP contribution < -0.4 is 10.6 Å². The number of nitrogens with one attached hydrogen (secondary N) is 2. The van der Waals surface area contributed by atoms with Crippen molar-refractivity contribution in [2.24, 2.45) is 0 Å². The molecule has 1 aliphatic heterocycles. The lowest BCUT2D eigenvalue weighted by molar-refractivity contribution is 0.0879. The Kier molecular flexibility index (Phi) is 3.81. The van der Waals surface area contributed by atoms with Gasteiger partial charge in [-0.25, -0.2) is 0 Å². The lowest BCUT2D eigenvalue weighted by Gasteiger charge is -2.13. The van der Waals surface area contributed by atoms with Crippen LogP contribution in [0.5, 0.6) is 0 Å². The Morgan fingerprint density at radius 2 is 1.64 bits per heavy atom. The summed E-state index contributed by atoms with van der Waals surface area (Å²) in [6, 6.07) is 8.70. The summed E-state index contributed by atoms with van der Waals surface area (Å²) < 4.78 is 0. The van der Waals surface area contributed by atoms with E-state index >= 15 is 0 Å². The number of imide groups is 1. The first-order chi connectivity index (χ1) is 10.5. The molecule has 0 fully saturated rings. The number of hydrogen-bond donors (Lipinski definition) is 2. The Hall–Kier alpha value is -2.04. The topological polar surface area (TPSA) is 58.2 Å². The number of aryl methyl sites for hydroxylation is 1. The number of amides is 2. The quantitative estimate of drug-likeness (QED) is 0.839. The van der Waals surface area contributed by atoms with E-state index < -0.39 is 0 Å². The fourth-order valence-electron chi connectivity index (χ4n) is 2.40. The van der Waals surface area contributed by atoms with Crippen molar-refractivity contribution in [1.82, 2.24) is 5.32 Å². The summed E-state index contributed by atoms with van der Waals surface area (Å²) in [6.45, 7) is 2.29. The number of carbonyl (C=O) groups is 2. The smallest absolute Gasteiger partial charge is 0.259 e. The number of halogens is 2. The van der Waals surface area contributed by atoms with E-state index in [1.54, 1.807) is 30.3 Å². The van der Waals surface area contributed by atoms with Crippen LogP contribution in [0.3, 0.4) is 0 Å². The fourth-order valence-corrected chi connectivity index (χ4v) is 2.93. The van der Waals surface area contributed by atoms with Crippen LogP contribution in [0.1, 0.15) is 31.8 Å². The van der Waals surface area contributed by atoms with Crippen molar-refractivity contribution in [2.75, 3.05) is 5.32 Å². The predicted molar refractivity (Wildman–Crippen MR) is 86.8 cm³/mol. The monoisotopic (exact) mass is 334 g/mol. The third kappa shape index (κ3) is 2.56. The van der Waals surface area contributed by atoms with Crippen LogP contribution >= 0.6 is 23.2 Å². The summed E-state index contributed by atoms with van der Waals surface area (Å²) in [5.41, 5.74) is 3.20. The average Bonchev–Trinajstić information content (AvgIpc) is 2.73. The summed E-state index contributed by atoms with van der Waals surface area (Å²) in [7, 11) is 0. The van der Waals surface area contributed by atoms with Gasteiger partial charge in [0.25, 0.3) is 11.8 Å². The van der Waals surface area contributed by atoms with Gasteiger partial charge >= 0.3 is 0 Å². The molecule has 112 valence electrons. The first-order valence-corrected chi connectivity index (χ1v) is 7.40. The van der Waals surface area contributed by atoms with Gasteiger partial charge in [0, 0.05) is 27.8 Å². The molecule has 22 heavy (non-hydrogen) atoms. The molecule has 0 saturated heterocycles. The van der Waals surface area contributed by atoms with E-state index in [0.29, 0.717) is 27.7 Å². The molecule has 6 heteroatoms. The second-order valence-electron chi connectivity index (χ2n) is 5.05. The van der Waals surface area contributed by atoms with E-state index in [0.717, 1.165) is 16.8 Å². The van der Waals surface area contributed by atoms with Crippen LogP contribution in [-0.2, 0) is 6.54 Å². The Morgan fingerprint density at radius 1 is 1.05 bits per heavy atom. The van der Waals surface area contributed by atoms with Crippen LogP contribution in [0.4, 0.5) is 5.69 Å². The van der Waals surface area contributed by atoms with Gasteiger partial charge in [-0.05, 0) is 36.8 Å². The van der Waals surface area contributed by atoms with E-state index in [9.17, 15) is 9.59 Å². The molecule has 0 radical (unpaired) electrons. The summed E-state index contributed by atoms with van der Waals surface area (Å²) in [6.07, 6.45) is 0. The second-order valence-corrected chi connectivity index (χ2v) is 5.86. The van der Waals surface area contributed by atoms with Crippen molar-refractivity contribution in [2.45, 2.75) is 13.5 Å². The molecule has 1 aliphatic rings. The highest BCUT2D eigenvalue weighted by atomic mass is 35.5. The summed E-state index contributed by atoms with van der Waals surface area (Å²) >= 11 is 12.3. The molecule has 0 atom stereocenters. The third-order valence-corrected chi connectivity index (χ3v) is 4.31. The van der Waals surface area contributed by atoms with Crippen LogP contribution in [0.2, 0.25) is 10.0 Å². The Labute approximate surface area is 137 Å².